The highest BCUT2D eigenvalue weighted by atomic mass is 16.6. The topological polar surface area (TPSA) is 178 Å². The Bertz CT molecular complexity index is 562. The van der Waals surface area contributed by atoms with Crippen LogP contribution in [0.1, 0.15) is 19.8 Å². The van der Waals surface area contributed by atoms with E-state index in [0.29, 0.717) is 6.42 Å². The smallest absolute Gasteiger partial charge is 0.216 e. The van der Waals surface area contributed by atoms with E-state index in [2.05, 4.69) is 5.32 Å². The van der Waals surface area contributed by atoms with Gasteiger partial charge in [-0.2, -0.15) is 0 Å². The standard InChI is InChI=1S/C17H29NO10/c1-7(20)18-5-10-17(25)15(24)11(21)8(27-10)3-2-4-26-14-9(6-19)28-16(17)13(23)12(14)22/h8-16,19,21-25H,2-6H2,1H3,(H,18,20)/t8-,9-,10-,11+,12-,13-,14-,15-,16+,17?/m1/s1. The average molecular weight is 407 g/mol. The summed E-state index contributed by atoms with van der Waals surface area (Å²) < 4.78 is 17.0. The van der Waals surface area contributed by atoms with Gasteiger partial charge >= 0.3 is 0 Å². The molecule has 1 unspecified atom stereocenters. The lowest BCUT2D eigenvalue weighted by atomic mass is 9.73. The van der Waals surface area contributed by atoms with Crippen LogP contribution in [0.4, 0.5) is 0 Å². The van der Waals surface area contributed by atoms with Gasteiger partial charge in [-0.15, -0.1) is 0 Å². The number of nitrogens with one attached hydrogen (secondary N) is 1. The lowest BCUT2D eigenvalue weighted by molar-refractivity contribution is -0.346. The summed E-state index contributed by atoms with van der Waals surface area (Å²) in [5, 5.41) is 65.9. The van der Waals surface area contributed by atoms with Crippen molar-refractivity contribution in [2.75, 3.05) is 19.8 Å². The highest BCUT2D eigenvalue weighted by Crippen LogP contribution is 2.40. The highest BCUT2D eigenvalue weighted by Gasteiger charge is 2.64. The Morgan fingerprint density at radius 1 is 1.14 bits per heavy atom. The number of amides is 1. The van der Waals surface area contributed by atoms with Gasteiger partial charge in [-0.1, -0.05) is 0 Å². The predicted octanol–water partition coefficient (Wildman–Crippen LogP) is -4.00. The molecule has 11 nitrogen and oxygen atoms in total. The summed E-state index contributed by atoms with van der Waals surface area (Å²) in [5.41, 5.74) is -2.38. The normalized spacial score (nSPS) is 49.3. The summed E-state index contributed by atoms with van der Waals surface area (Å²) in [4.78, 5) is 11.4. The van der Waals surface area contributed by atoms with Crippen LogP contribution in [0.5, 0.6) is 0 Å². The van der Waals surface area contributed by atoms with Crippen LogP contribution < -0.4 is 5.32 Å². The van der Waals surface area contributed by atoms with Crippen molar-refractivity contribution in [3.63, 3.8) is 0 Å². The molecule has 11 heteroatoms. The van der Waals surface area contributed by atoms with Gasteiger partial charge in [0.15, 0.2) is 0 Å². The fourth-order valence-electron chi connectivity index (χ4n) is 4.29. The van der Waals surface area contributed by atoms with Crippen molar-refractivity contribution in [2.24, 2.45) is 0 Å². The Morgan fingerprint density at radius 3 is 2.50 bits per heavy atom. The van der Waals surface area contributed by atoms with Crippen LogP contribution in [0.25, 0.3) is 0 Å². The zero-order valence-corrected chi connectivity index (χ0v) is 15.5. The average Bonchev–Trinajstić information content (AvgIpc) is 2.65. The zero-order chi connectivity index (χ0) is 20.6. The Labute approximate surface area is 161 Å². The number of ether oxygens (including phenoxy) is 3. The van der Waals surface area contributed by atoms with Gasteiger partial charge in [0.2, 0.25) is 5.91 Å². The van der Waals surface area contributed by atoms with Crippen LogP contribution in [0.2, 0.25) is 0 Å². The zero-order valence-electron chi connectivity index (χ0n) is 15.5. The van der Waals surface area contributed by atoms with Crippen LogP contribution in [-0.2, 0) is 19.0 Å². The molecule has 6 aliphatic heterocycles. The van der Waals surface area contributed by atoms with Gasteiger partial charge in [0.25, 0.3) is 0 Å². The van der Waals surface area contributed by atoms with E-state index in [9.17, 15) is 35.4 Å². The fourth-order valence-corrected chi connectivity index (χ4v) is 4.29. The van der Waals surface area contributed by atoms with Crippen molar-refractivity contribution in [1.29, 1.82) is 0 Å². The number of aliphatic hydroxyl groups is 6. The molecule has 0 aliphatic carbocycles. The van der Waals surface area contributed by atoms with Crippen molar-refractivity contribution in [3.8, 4) is 0 Å². The SMILES string of the molecule is CC(=O)NC[C@H]1O[C@@H]2CCCO[C@H]3[C@H](O)[C@@H](O)[C@H](O[C@@H]3CO)C1(O)[C@H](O)[C@H]2O. The molecular weight excluding hydrogens is 378 g/mol. The molecule has 7 N–H and O–H groups in total. The van der Waals surface area contributed by atoms with E-state index in [1.165, 1.54) is 6.92 Å². The van der Waals surface area contributed by atoms with Gasteiger partial charge in [0.1, 0.15) is 54.4 Å². The first-order valence-electron chi connectivity index (χ1n) is 9.44. The van der Waals surface area contributed by atoms with Crippen LogP contribution in [0, 0.1) is 0 Å². The number of aliphatic hydroxyl groups excluding tert-OH is 5. The molecule has 0 radical (unpaired) electrons. The van der Waals surface area contributed by atoms with Gasteiger partial charge in [0.05, 0.1) is 12.7 Å². The lowest BCUT2D eigenvalue weighted by Crippen LogP contribution is -2.77. The van der Waals surface area contributed by atoms with Crippen LogP contribution in [-0.4, -0.2) is 117 Å². The third-order valence-electron chi connectivity index (χ3n) is 5.83. The third-order valence-corrected chi connectivity index (χ3v) is 5.83. The maximum Gasteiger partial charge on any atom is 0.216 e. The van der Waals surface area contributed by atoms with Gasteiger partial charge in [0, 0.05) is 20.1 Å². The lowest BCUT2D eigenvalue weighted by Gasteiger charge is -2.56. The molecule has 0 spiro atoms. The Kier molecular flexibility index (Phi) is 6.59. The van der Waals surface area contributed by atoms with E-state index >= 15 is 0 Å². The first kappa shape index (κ1) is 21.8. The molecule has 0 aromatic carbocycles. The molecule has 4 bridgehead atoms. The third kappa shape index (κ3) is 3.66. The first-order chi connectivity index (χ1) is 13.2. The second kappa shape index (κ2) is 8.46. The first-order valence-corrected chi connectivity index (χ1v) is 9.44. The van der Waals surface area contributed by atoms with E-state index in [4.69, 9.17) is 14.2 Å². The predicted molar refractivity (Wildman–Crippen MR) is 91.0 cm³/mol. The Balaban J connectivity index is 2.03. The van der Waals surface area contributed by atoms with Crippen molar-refractivity contribution >= 4 is 5.91 Å². The molecule has 6 heterocycles. The molecule has 162 valence electrons. The number of carbonyl (C=O) groups excluding carboxylic acids is 1. The summed E-state index contributed by atoms with van der Waals surface area (Å²) in [5.74, 6) is -0.406. The molecule has 0 aromatic rings. The van der Waals surface area contributed by atoms with Crippen molar-refractivity contribution < 1.29 is 49.6 Å². The second-order valence-corrected chi connectivity index (χ2v) is 7.66. The van der Waals surface area contributed by atoms with Crippen LogP contribution in [0.15, 0.2) is 0 Å². The van der Waals surface area contributed by atoms with Crippen molar-refractivity contribution in [3.05, 3.63) is 0 Å². The Morgan fingerprint density at radius 2 is 1.86 bits per heavy atom. The largest absolute Gasteiger partial charge is 0.394 e. The molecule has 0 saturated carbocycles. The molecule has 1 amide bonds. The minimum atomic E-state index is -2.38. The van der Waals surface area contributed by atoms with Crippen LogP contribution in [0.3, 0.4) is 0 Å². The summed E-state index contributed by atoms with van der Waals surface area (Å²) in [7, 11) is 0. The Hall–Kier alpha value is -0.890. The summed E-state index contributed by atoms with van der Waals surface area (Å²) in [6, 6.07) is 0. The van der Waals surface area contributed by atoms with Gasteiger partial charge in [-0.3, -0.25) is 4.79 Å². The summed E-state index contributed by atoms with van der Waals surface area (Å²) in [6.07, 6.45) is -11.7. The molecule has 0 aromatic heterocycles. The van der Waals surface area contributed by atoms with Crippen molar-refractivity contribution in [1.82, 2.24) is 5.32 Å². The highest BCUT2D eigenvalue weighted by molar-refractivity contribution is 5.72. The van der Waals surface area contributed by atoms with E-state index in [1.54, 1.807) is 0 Å². The van der Waals surface area contributed by atoms with E-state index in [1.807, 2.05) is 0 Å². The van der Waals surface area contributed by atoms with Gasteiger partial charge in [-0.05, 0) is 12.8 Å². The summed E-state index contributed by atoms with van der Waals surface area (Å²) in [6.45, 7) is 0.600. The molecule has 6 aliphatic rings. The van der Waals surface area contributed by atoms with E-state index < -0.39 is 73.1 Å². The molecule has 6 fully saturated rings. The van der Waals surface area contributed by atoms with Gasteiger partial charge < -0.3 is 50.2 Å². The molecule has 6 saturated heterocycles. The molecule has 6 rings (SSSR count). The van der Waals surface area contributed by atoms with E-state index in [0.717, 1.165) is 0 Å². The number of hydrogen-bond donors (Lipinski definition) is 7. The second-order valence-electron chi connectivity index (χ2n) is 7.66. The minimum Gasteiger partial charge on any atom is -0.394 e. The van der Waals surface area contributed by atoms with Crippen molar-refractivity contribution in [2.45, 2.75) is 80.3 Å². The summed E-state index contributed by atoms with van der Waals surface area (Å²) >= 11 is 0. The molecular formula is C17H29NO10. The van der Waals surface area contributed by atoms with E-state index in [-0.39, 0.29) is 19.6 Å². The van der Waals surface area contributed by atoms with Crippen LogP contribution >= 0.6 is 0 Å². The fraction of sp³-hybridized carbons (Fsp3) is 0.941. The number of carbonyl (C=O) groups is 1. The maximum atomic E-state index is 11.4. The molecule has 10 atom stereocenters. The maximum absolute atomic E-state index is 11.4. The number of hydrogen-bond acceptors (Lipinski definition) is 10. The van der Waals surface area contributed by atoms with Gasteiger partial charge in [-0.25, -0.2) is 0 Å². The quantitative estimate of drug-likeness (QED) is 0.244. The monoisotopic (exact) mass is 407 g/mol. The molecule has 28 heavy (non-hydrogen) atoms. The number of rotatable bonds is 3. The minimum absolute atomic E-state index is 0.127.